The van der Waals surface area contributed by atoms with E-state index >= 15 is 4.57 Å². The SMILES string of the molecule is CC12COC3(P(=O)(c4ccccc4)c4ccccc4)CC1CCC23C. The predicted molar refractivity (Wildman–Crippen MR) is 102 cm³/mol. The van der Waals surface area contributed by atoms with Gasteiger partial charge in [-0.2, -0.15) is 0 Å². The molecule has 5 rings (SSSR count). The third-order valence-electron chi connectivity index (χ3n) is 7.90. The van der Waals surface area contributed by atoms with Crippen molar-refractivity contribution in [1.82, 2.24) is 0 Å². The number of ether oxygens (including phenoxy) is 1. The first-order chi connectivity index (χ1) is 12.0. The Hall–Kier alpha value is -1.37. The van der Waals surface area contributed by atoms with E-state index in [1.807, 2.05) is 60.7 Å². The lowest BCUT2D eigenvalue weighted by Gasteiger charge is -2.47. The molecule has 0 N–H and O–H groups in total. The molecule has 1 saturated heterocycles. The summed E-state index contributed by atoms with van der Waals surface area (Å²) < 4.78 is 21.6. The Morgan fingerprint density at radius 3 is 2.00 bits per heavy atom. The van der Waals surface area contributed by atoms with Crippen molar-refractivity contribution >= 4 is 17.8 Å². The topological polar surface area (TPSA) is 26.3 Å². The van der Waals surface area contributed by atoms with Crippen molar-refractivity contribution in [2.24, 2.45) is 16.7 Å². The first-order valence-electron chi connectivity index (χ1n) is 9.33. The molecule has 1 aliphatic heterocycles. The van der Waals surface area contributed by atoms with Crippen LogP contribution >= 0.6 is 7.14 Å². The van der Waals surface area contributed by atoms with Crippen LogP contribution in [0.2, 0.25) is 0 Å². The van der Waals surface area contributed by atoms with E-state index in [0.717, 1.165) is 30.1 Å². The molecule has 2 aliphatic carbocycles. The van der Waals surface area contributed by atoms with Crippen molar-refractivity contribution < 1.29 is 9.30 Å². The maximum absolute atomic E-state index is 15.0. The summed E-state index contributed by atoms with van der Waals surface area (Å²) in [4.78, 5) is 0. The van der Waals surface area contributed by atoms with Crippen molar-refractivity contribution in [3.8, 4) is 0 Å². The highest BCUT2D eigenvalue weighted by atomic mass is 31.2. The summed E-state index contributed by atoms with van der Waals surface area (Å²) >= 11 is 0. The highest BCUT2D eigenvalue weighted by Gasteiger charge is 2.80. The average Bonchev–Trinajstić information content (AvgIpc) is 3.14. The molecule has 2 saturated carbocycles. The molecule has 2 aromatic rings. The molecular formula is C22H25O2P. The highest BCUT2D eigenvalue weighted by Crippen LogP contribution is 2.84. The maximum atomic E-state index is 15.0. The van der Waals surface area contributed by atoms with Gasteiger partial charge in [-0.25, -0.2) is 0 Å². The van der Waals surface area contributed by atoms with Gasteiger partial charge in [-0.3, -0.25) is 0 Å². The van der Waals surface area contributed by atoms with Gasteiger partial charge in [-0.05, 0) is 25.2 Å². The summed E-state index contributed by atoms with van der Waals surface area (Å²) in [6, 6.07) is 20.2. The first-order valence-corrected chi connectivity index (χ1v) is 11.0. The van der Waals surface area contributed by atoms with Crippen molar-refractivity contribution in [1.29, 1.82) is 0 Å². The van der Waals surface area contributed by atoms with Crippen LogP contribution in [-0.2, 0) is 9.30 Å². The number of hydrogen-bond acceptors (Lipinski definition) is 2. The molecule has 2 aromatic carbocycles. The van der Waals surface area contributed by atoms with Crippen LogP contribution in [0.15, 0.2) is 60.7 Å². The van der Waals surface area contributed by atoms with Gasteiger partial charge < -0.3 is 9.30 Å². The van der Waals surface area contributed by atoms with E-state index in [0.29, 0.717) is 5.92 Å². The van der Waals surface area contributed by atoms with E-state index in [9.17, 15) is 0 Å². The summed E-state index contributed by atoms with van der Waals surface area (Å²) in [5.74, 6) is 0.631. The lowest BCUT2D eigenvalue weighted by atomic mass is 9.71. The fourth-order valence-electron chi connectivity index (χ4n) is 6.22. The van der Waals surface area contributed by atoms with Crippen LogP contribution in [-0.4, -0.2) is 11.9 Å². The van der Waals surface area contributed by atoms with E-state index in [-0.39, 0.29) is 10.8 Å². The summed E-state index contributed by atoms with van der Waals surface area (Å²) in [6.07, 6.45) is 3.31. The van der Waals surface area contributed by atoms with Crippen LogP contribution in [0.5, 0.6) is 0 Å². The molecule has 0 radical (unpaired) electrons. The Kier molecular flexibility index (Phi) is 3.09. The zero-order valence-electron chi connectivity index (χ0n) is 14.9. The van der Waals surface area contributed by atoms with Gasteiger partial charge in [0.15, 0.2) is 7.14 Å². The molecule has 130 valence electrons. The standard InChI is InChI=1S/C22H25O2P/c1-20-16-24-22(15-17(20)13-14-21(20,22)2)25(23,18-9-5-3-6-10-18)19-11-7-4-8-12-19/h3-12,17H,13-16H2,1-2H3. The minimum absolute atomic E-state index is 0.0219. The molecule has 3 aliphatic rings. The minimum Gasteiger partial charge on any atom is -0.365 e. The summed E-state index contributed by atoms with van der Waals surface area (Å²) in [7, 11) is -2.93. The fraction of sp³-hybridized carbons (Fsp3) is 0.455. The van der Waals surface area contributed by atoms with Crippen molar-refractivity contribution in [3.05, 3.63) is 60.7 Å². The third-order valence-corrected chi connectivity index (χ3v) is 11.8. The molecule has 0 spiro atoms. The normalized spacial score (nSPS) is 39.0. The molecular weight excluding hydrogens is 327 g/mol. The molecule has 4 atom stereocenters. The van der Waals surface area contributed by atoms with Gasteiger partial charge in [0, 0.05) is 21.4 Å². The van der Waals surface area contributed by atoms with E-state index in [2.05, 4.69) is 13.8 Å². The largest absolute Gasteiger partial charge is 0.365 e. The van der Waals surface area contributed by atoms with E-state index in [4.69, 9.17) is 4.74 Å². The molecule has 25 heavy (non-hydrogen) atoms. The summed E-state index contributed by atoms with van der Waals surface area (Å²) in [5, 5.41) is 1.33. The Bertz CT molecular complexity index is 821. The van der Waals surface area contributed by atoms with Crippen molar-refractivity contribution in [2.45, 2.75) is 38.5 Å². The fourth-order valence-corrected chi connectivity index (χ4v) is 10.3. The first kappa shape index (κ1) is 15.9. The second-order valence-electron chi connectivity index (χ2n) is 8.54. The van der Waals surface area contributed by atoms with Crippen LogP contribution in [0, 0.1) is 16.7 Å². The van der Waals surface area contributed by atoms with Gasteiger partial charge in [-0.15, -0.1) is 0 Å². The van der Waals surface area contributed by atoms with Crippen molar-refractivity contribution in [3.63, 3.8) is 0 Å². The van der Waals surface area contributed by atoms with Gasteiger partial charge in [0.2, 0.25) is 0 Å². The smallest absolute Gasteiger partial charge is 0.174 e. The average molecular weight is 352 g/mol. The van der Waals surface area contributed by atoms with Crippen LogP contribution in [0.1, 0.15) is 33.1 Å². The van der Waals surface area contributed by atoms with Crippen LogP contribution < -0.4 is 10.6 Å². The zero-order valence-corrected chi connectivity index (χ0v) is 15.8. The van der Waals surface area contributed by atoms with Gasteiger partial charge in [0.25, 0.3) is 0 Å². The third kappa shape index (κ3) is 1.60. The Morgan fingerprint density at radius 1 is 0.960 bits per heavy atom. The lowest BCUT2D eigenvalue weighted by molar-refractivity contribution is -0.0223. The highest BCUT2D eigenvalue weighted by molar-refractivity contribution is 7.80. The Labute approximate surface area is 150 Å². The van der Waals surface area contributed by atoms with Gasteiger partial charge in [0.1, 0.15) is 5.34 Å². The van der Waals surface area contributed by atoms with E-state index < -0.39 is 12.5 Å². The second-order valence-corrected chi connectivity index (χ2v) is 11.5. The number of rotatable bonds is 3. The summed E-state index contributed by atoms with van der Waals surface area (Å²) in [5.41, 5.74) is 0.137. The Balaban J connectivity index is 1.81. The van der Waals surface area contributed by atoms with Crippen LogP contribution in [0.25, 0.3) is 0 Å². The zero-order chi connectivity index (χ0) is 17.3. The lowest BCUT2D eigenvalue weighted by Crippen LogP contribution is -2.48. The maximum Gasteiger partial charge on any atom is 0.174 e. The predicted octanol–water partition coefficient (Wildman–Crippen LogP) is 4.55. The molecule has 2 nitrogen and oxygen atoms in total. The van der Waals surface area contributed by atoms with Gasteiger partial charge in [0.05, 0.1) is 6.61 Å². The van der Waals surface area contributed by atoms with Crippen LogP contribution in [0.3, 0.4) is 0 Å². The second kappa shape index (κ2) is 4.87. The van der Waals surface area contributed by atoms with Crippen LogP contribution in [0.4, 0.5) is 0 Å². The molecule has 3 heteroatoms. The number of hydrogen-bond donors (Lipinski definition) is 0. The molecule has 4 unspecified atom stereocenters. The van der Waals surface area contributed by atoms with Crippen molar-refractivity contribution in [2.75, 3.05) is 6.61 Å². The molecule has 0 aromatic heterocycles. The van der Waals surface area contributed by atoms with Gasteiger partial charge >= 0.3 is 0 Å². The Morgan fingerprint density at radius 2 is 1.52 bits per heavy atom. The molecule has 1 heterocycles. The van der Waals surface area contributed by atoms with E-state index in [1.54, 1.807) is 0 Å². The quantitative estimate of drug-likeness (QED) is 0.758. The molecule has 3 fully saturated rings. The summed E-state index contributed by atoms with van der Waals surface area (Å²) in [6.45, 7) is 5.48. The molecule has 0 amide bonds. The minimum atomic E-state index is -2.93. The number of benzene rings is 2. The van der Waals surface area contributed by atoms with E-state index in [1.165, 1.54) is 6.42 Å². The molecule has 4 bridgehead atoms. The van der Waals surface area contributed by atoms with Gasteiger partial charge in [-0.1, -0.05) is 74.5 Å². The monoisotopic (exact) mass is 352 g/mol.